The van der Waals surface area contributed by atoms with Gasteiger partial charge in [-0.2, -0.15) is 8.42 Å². The van der Waals surface area contributed by atoms with Gasteiger partial charge in [0.1, 0.15) is 11.5 Å². The fourth-order valence-corrected chi connectivity index (χ4v) is 4.17. The summed E-state index contributed by atoms with van der Waals surface area (Å²) in [5.74, 6) is -1.43. The number of ether oxygens (including phenoxy) is 2. The molecule has 0 saturated carbocycles. The van der Waals surface area contributed by atoms with Gasteiger partial charge in [-0.15, -0.1) is 0 Å². The summed E-state index contributed by atoms with van der Waals surface area (Å²) in [6, 6.07) is -0.699. The molecule has 0 aromatic carbocycles. The van der Waals surface area contributed by atoms with E-state index in [1.165, 1.54) is 7.11 Å². The number of nitrogens with zero attached hydrogens (tertiary/aromatic N) is 1. The van der Waals surface area contributed by atoms with Crippen LogP contribution in [-0.2, 0) is 28.6 Å². The van der Waals surface area contributed by atoms with E-state index >= 15 is 0 Å². The highest BCUT2D eigenvalue weighted by Gasteiger charge is 2.54. The summed E-state index contributed by atoms with van der Waals surface area (Å²) >= 11 is 0. The number of amides is 1. The predicted octanol–water partition coefficient (Wildman–Crippen LogP) is 1.29. The maximum atomic E-state index is 12.5. The van der Waals surface area contributed by atoms with Crippen molar-refractivity contribution < 1.29 is 31.7 Å². The fourth-order valence-electron chi connectivity index (χ4n) is 3.53. The van der Waals surface area contributed by atoms with E-state index in [0.29, 0.717) is 12.8 Å². The minimum Gasteiger partial charge on any atom is -0.469 e. The van der Waals surface area contributed by atoms with Crippen molar-refractivity contribution >= 4 is 22.2 Å². The first-order valence-electron chi connectivity index (χ1n) is 7.90. The Hall–Kier alpha value is -1.35. The summed E-state index contributed by atoms with van der Waals surface area (Å²) in [6.07, 6.45) is 1.12. The Bertz CT molecular complexity index is 610. The van der Waals surface area contributed by atoms with E-state index in [1.54, 1.807) is 25.7 Å². The van der Waals surface area contributed by atoms with Gasteiger partial charge in [0.2, 0.25) is 0 Å². The van der Waals surface area contributed by atoms with Crippen LogP contribution in [0, 0.1) is 5.92 Å². The Morgan fingerprint density at radius 2 is 1.79 bits per heavy atom. The lowest BCUT2D eigenvalue weighted by Gasteiger charge is -2.42. The number of hydrogen-bond donors (Lipinski definition) is 0. The second-order valence-corrected chi connectivity index (χ2v) is 8.91. The minimum atomic E-state index is -3.73. The molecule has 0 aliphatic carbocycles. The van der Waals surface area contributed by atoms with Gasteiger partial charge in [-0.25, -0.2) is 4.79 Å². The fraction of sp³-hybridized carbons (Fsp3) is 0.867. The zero-order chi connectivity index (χ0) is 18.3. The maximum absolute atomic E-state index is 12.5. The molecule has 4 atom stereocenters. The molecule has 1 amide bonds. The molecule has 0 aromatic heterocycles. The van der Waals surface area contributed by atoms with Crippen LogP contribution in [-0.4, -0.2) is 62.5 Å². The van der Waals surface area contributed by atoms with E-state index in [2.05, 4.69) is 0 Å². The first-order valence-corrected chi connectivity index (χ1v) is 9.72. The quantitative estimate of drug-likeness (QED) is 0.550. The molecule has 0 spiro atoms. The molecule has 0 radical (unpaired) electrons. The molecule has 2 rings (SSSR count). The van der Waals surface area contributed by atoms with Gasteiger partial charge in [-0.05, 0) is 40.0 Å². The molecule has 9 heteroatoms. The van der Waals surface area contributed by atoms with Crippen LogP contribution in [0.15, 0.2) is 0 Å². The normalized spacial score (nSPS) is 30.1. The molecular weight excluding hydrogens is 338 g/mol. The molecule has 8 nitrogen and oxygen atoms in total. The lowest BCUT2D eigenvalue weighted by Crippen LogP contribution is -2.57. The van der Waals surface area contributed by atoms with Crippen LogP contribution in [0.4, 0.5) is 4.79 Å². The Balaban J connectivity index is 2.28. The first-order chi connectivity index (χ1) is 10.9. The van der Waals surface area contributed by atoms with Crippen molar-refractivity contribution in [2.24, 2.45) is 5.92 Å². The predicted molar refractivity (Wildman–Crippen MR) is 84.7 cm³/mol. The lowest BCUT2D eigenvalue weighted by atomic mass is 9.87. The third kappa shape index (κ3) is 4.18. The Labute approximate surface area is 142 Å². The Morgan fingerprint density at radius 3 is 2.29 bits per heavy atom. The van der Waals surface area contributed by atoms with Crippen LogP contribution >= 0.6 is 0 Å². The van der Waals surface area contributed by atoms with Crippen LogP contribution in [0.2, 0.25) is 0 Å². The summed E-state index contributed by atoms with van der Waals surface area (Å²) in [6.45, 7) is 5.30. The van der Waals surface area contributed by atoms with E-state index < -0.39 is 45.8 Å². The van der Waals surface area contributed by atoms with Gasteiger partial charge in [0.25, 0.3) is 10.1 Å². The molecule has 24 heavy (non-hydrogen) atoms. The SMILES string of the molecule is COC(=O)C1C(OS(C)(=O)=O)C[C@H]2CC[C@@H]1N2C(=O)OC(C)(C)C. The highest BCUT2D eigenvalue weighted by atomic mass is 32.2. The van der Waals surface area contributed by atoms with E-state index in [0.717, 1.165) is 6.26 Å². The highest BCUT2D eigenvalue weighted by Crippen LogP contribution is 2.42. The average molecular weight is 363 g/mol. The number of carbonyl (C=O) groups is 2. The number of piperidine rings is 1. The van der Waals surface area contributed by atoms with Crippen molar-refractivity contribution in [3.8, 4) is 0 Å². The lowest BCUT2D eigenvalue weighted by molar-refractivity contribution is -0.154. The van der Waals surface area contributed by atoms with E-state index in [9.17, 15) is 18.0 Å². The maximum Gasteiger partial charge on any atom is 0.410 e. The standard InChI is InChI=1S/C15H25NO7S/c1-15(2,3)22-14(18)16-9-6-7-10(16)12(13(17)21-4)11(8-9)23-24(5,19)20/h9-12H,6-8H2,1-5H3/t9-,10+,11?,12?/m1/s1. The van der Waals surface area contributed by atoms with E-state index in [4.69, 9.17) is 13.7 Å². The molecule has 0 aromatic rings. The second kappa shape index (κ2) is 6.51. The van der Waals surface area contributed by atoms with E-state index in [-0.39, 0.29) is 12.5 Å². The van der Waals surface area contributed by atoms with Crippen molar-refractivity contribution in [3.05, 3.63) is 0 Å². The van der Waals surface area contributed by atoms with Crippen LogP contribution in [0.25, 0.3) is 0 Å². The molecule has 2 saturated heterocycles. The smallest absolute Gasteiger partial charge is 0.410 e. The second-order valence-electron chi connectivity index (χ2n) is 7.31. The number of esters is 1. The highest BCUT2D eigenvalue weighted by molar-refractivity contribution is 7.86. The number of carbonyl (C=O) groups excluding carboxylic acids is 2. The molecule has 2 bridgehead atoms. The molecule has 0 N–H and O–H groups in total. The average Bonchev–Trinajstić information content (AvgIpc) is 2.70. The number of rotatable bonds is 3. The summed E-state index contributed by atoms with van der Waals surface area (Å²) in [4.78, 5) is 26.3. The monoisotopic (exact) mass is 363 g/mol. The van der Waals surface area contributed by atoms with Crippen LogP contribution < -0.4 is 0 Å². The van der Waals surface area contributed by atoms with Crippen LogP contribution in [0.3, 0.4) is 0 Å². The molecule has 2 unspecified atom stereocenters. The van der Waals surface area contributed by atoms with Gasteiger partial charge >= 0.3 is 12.1 Å². The number of hydrogen-bond acceptors (Lipinski definition) is 7. The summed E-state index contributed by atoms with van der Waals surface area (Å²) in [5, 5.41) is 0. The van der Waals surface area contributed by atoms with Crippen molar-refractivity contribution in [2.75, 3.05) is 13.4 Å². The zero-order valence-electron chi connectivity index (χ0n) is 14.6. The van der Waals surface area contributed by atoms with Gasteiger partial charge in [-0.3, -0.25) is 8.98 Å². The molecule has 2 aliphatic rings. The Kier molecular flexibility index (Phi) is 5.15. The summed E-state index contributed by atoms with van der Waals surface area (Å²) in [5.41, 5.74) is -0.655. The molecule has 138 valence electrons. The zero-order valence-corrected chi connectivity index (χ0v) is 15.5. The van der Waals surface area contributed by atoms with Crippen LogP contribution in [0.5, 0.6) is 0 Å². The van der Waals surface area contributed by atoms with Gasteiger partial charge in [0.15, 0.2) is 0 Å². The third-order valence-corrected chi connectivity index (χ3v) is 4.84. The summed E-state index contributed by atoms with van der Waals surface area (Å²) < 4.78 is 38.4. The minimum absolute atomic E-state index is 0.211. The topological polar surface area (TPSA) is 99.2 Å². The summed E-state index contributed by atoms with van der Waals surface area (Å²) in [7, 11) is -2.49. The van der Waals surface area contributed by atoms with E-state index in [1.807, 2.05) is 0 Å². The van der Waals surface area contributed by atoms with Gasteiger partial charge in [0.05, 0.1) is 25.5 Å². The first kappa shape index (κ1) is 19.0. The Morgan fingerprint density at radius 1 is 1.17 bits per heavy atom. The van der Waals surface area contributed by atoms with Gasteiger partial charge < -0.3 is 14.4 Å². The van der Waals surface area contributed by atoms with Crippen LogP contribution in [0.1, 0.15) is 40.0 Å². The van der Waals surface area contributed by atoms with Crippen molar-refractivity contribution in [3.63, 3.8) is 0 Å². The van der Waals surface area contributed by atoms with Gasteiger partial charge in [0, 0.05) is 6.04 Å². The molecule has 2 aliphatic heterocycles. The van der Waals surface area contributed by atoms with Crippen molar-refractivity contribution in [1.82, 2.24) is 4.90 Å². The largest absolute Gasteiger partial charge is 0.469 e. The van der Waals surface area contributed by atoms with Gasteiger partial charge in [-0.1, -0.05) is 0 Å². The number of fused-ring (bicyclic) bond motifs is 2. The third-order valence-electron chi connectivity index (χ3n) is 4.24. The number of methoxy groups -OCH3 is 1. The molecule has 2 fully saturated rings. The molecule has 2 heterocycles. The van der Waals surface area contributed by atoms with Crippen molar-refractivity contribution in [1.29, 1.82) is 0 Å². The van der Waals surface area contributed by atoms with Crippen molar-refractivity contribution in [2.45, 2.75) is 63.8 Å². The molecular formula is C15H25NO7S.